The molecule has 1 heterocycles. The summed E-state index contributed by atoms with van der Waals surface area (Å²) in [5, 5.41) is 11.7. The van der Waals surface area contributed by atoms with Gasteiger partial charge in [0.2, 0.25) is 5.91 Å². The molecule has 2 N–H and O–H groups in total. The van der Waals surface area contributed by atoms with E-state index < -0.39 is 11.9 Å². The Labute approximate surface area is 99.0 Å². The molecule has 0 aromatic heterocycles. The quantitative estimate of drug-likeness (QED) is 0.773. The lowest BCUT2D eigenvalue weighted by molar-refractivity contribution is -0.141. The van der Waals surface area contributed by atoms with Crippen LogP contribution < -0.4 is 10.2 Å². The lowest BCUT2D eigenvalue weighted by atomic mass is 10.1. The van der Waals surface area contributed by atoms with Gasteiger partial charge in [0.1, 0.15) is 0 Å². The molecule has 17 heavy (non-hydrogen) atoms. The van der Waals surface area contributed by atoms with E-state index in [0.29, 0.717) is 6.54 Å². The number of para-hydroxylation sites is 1. The Hall–Kier alpha value is -2.04. The van der Waals surface area contributed by atoms with Crippen molar-refractivity contribution in [3.8, 4) is 0 Å². The number of rotatable bonds is 2. The molecule has 0 radical (unpaired) electrons. The van der Waals surface area contributed by atoms with Gasteiger partial charge in [-0.3, -0.25) is 9.59 Å². The van der Waals surface area contributed by atoms with Gasteiger partial charge in [0.05, 0.1) is 12.5 Å². The summed E-state index contributed by atoms with van der Waals surface area (Å²) in [6, 6.07) is 9.37. The van der Waals surface area contributed by atoms with E-state index in [4.69, 9.17) is 5.11 Å². The van der Waals surface area contributed by atoms with E-state index >= 15 is 0 Å². The van der Waals surface area contributed by atoms with Gasteiger partial charge in [-0.2, -0.15) is 0 Å². The third kappa shape index (κ3) is 2.75. The molecule has 1 unspecified atom stereocenters. The maximum Gasteiger partial charge on any atom is 0.310 e. The molecule has 0 saturated carbocycles. The number of nitrogens with zero attached hydrogens (tertiary/aromatic N) is 1. The minimum Gasteiger partial charge on any atom is -0.481 e. The molecule has 0 spiro atoms. The highest BCUT2D eigenvalue weighted by atomic mass is 16.4. The van der Waals surface area contributed by atoms with Crippen LogP contribution in [0.25, 0.3) is 0 Å². The third-order valence-electron chi connectivity index (χ3n) is 2.79. The Morgan fingerprint density at radius 2 is 2.06 bits per heavy atom. The molecule has 0 bridgehead atoms. The molecular weight excluding hydrogens is 220 g/mol. The Bertz CT molecular complexity index is 419. The summed E-state index contributed by atoms with van der Waals surface area (Å²) in [5.41, 5.74) is 0.871. The molecular formula is C12H14N2O3. The first-order chi connectivity index (χ1) is 8.16. The van der Waals surface area contributed by atoms with Crippen molar-refractivity contribution in [2.24, 2.45) is 5.92 Å². The van der Waals surface area contributed by atoms with Crippen molar-refractivity contribution in [1.82, 2.24) is 5.32 Å². The molecule has 1 aromatic rings. The molecule has 1 aliphatic heterocycles. The highest BCUT2D eigenvalue weighted by Crippen LogP contribution is 2.16. The second-order valence-electron chi connectivity index (χ2n) is 4.06. The van der Waals surface area contributed by atoms with Crippen molar-refractivity contribution in [2.45, 2.75) is 0 Å². The summed E-state index contributed by atoms with van der Waals surface area (Å²) in [4.78, 5) is 24.3. The predicted molar refractivity (Wildman–Crippen MR) is 62.8 cm³/mol. The van der Waals surface area contributed by atoms with E-state index in [9.17, 15) is 9.59 Å². The van der Waals surface area contributed by atoms with Crippen LogP contribution in [0.5, 0.6) is 0 Å². The first-order valence-electron chi connectivity index (χ1n) is 5.46. The van der Waals surface area contributed by atoms with Crippen molar-refractivity contribution >= 4 is 17.6 Å². The van der Waals surface area contributed by atoms with E-state index in [2.05, 4.69) is 5.32 Å². The van der Waals surface area contributed by atoms with Crippen LogP contribution in [0.4, 0.5) is 5.69 Å². The van der Waals surface area contributed by atoms with Crippen LogP contribution >= 0.6 is 0 Å². The average Bonchev–Trinajstić information content (AvgIpc) is 2.52. The van der Waals surface area contributed by atoms with E-state index in [1.54, 1.807) is 4.90 Å². The van der Waals surface area contributed by atoms with E-state index in [1.165, 1.54) is 0 Å². The molecule has 1 fully saturated rings. The van der Waals surface area contributed by atoms with Gasteiger partial charge >= 0.3 is 5.97 Å². The van der Waals surface area contributed by atoms with Crippen molar-refractivity contribution < 1.29 is 14.7 Å². The van der Waals surface area contributed by atoms with E-state index in [0.717, 1.165) is 5.69 Å². The normalized spacial score (nSPS) is 20.6. The summed E-state index contributed by atoms with van der Waals surface area (Å²) < 4.78 is 0. The number of hydrogen-bond donors (Lipinski definition) is 2. The topological polar surface area (TPSA) is 69.6 Å². The standard InChI is InChI=1S/C12H14N2O3/c15-11-8-14(10-4-2-1-3-5-10)7-9(6-13-11)12(16)17/h1-5,9H,6-8H2,(H,13,15)(H,16,17). The number of carbonyl (C=O) groups is 2. The molecule has 1 aliphatic rings. The summed E-state index contributed by atoms with van der Waals surface area (Å²) in [7, 11) is 0. The van der Waals surface area contributed by atoms with E-state index in [1.807, 2.05) is 30.3 Å². The maximum absolute atomic E-state index is 11.5. The summed E-state index contributed by atoms with van der Waals surface area (Å²) in [5.74, 6) is -1.59. The Kier molecular flexibility index (Phi) is 3.27. The molecule has 5 heteroatoms. The van der Waals surface area contributed by atoms with Crippen LogP contribution in [0, 0.1) is 5.92 Å². The largest absolute Gasteiger partial charge is 0.481 e. The van der Waals surface area contributed by atoms with Crippen LogP contribution in [-0.4, -0.2) is 36.6 Å². The molecule has 5 nitrogen and oxygen atoms in total. The molecule has 1 saturated heterocycles. The van der Waals surface area contributed by atoms with Gasteiger partial charge in [-0.1, -0.05) is 18.2 Å². The molecule has 90 valence electrons. The van der Waals surface area contributed by atoms with Crippen LogP contribution in [0.2, 0.25) is 0 Å². The highest BCUT2D eigenvalue weighted by Gasteiger charge is 2.26. The van der Waals surface area contributed by atoms with Crippen LogP contribution in [0.1, 0.15) is 0 Å². The zero-order valence-corrected chi connectivity index (χ0v) is 9.30. The molecule has 1 atom stereocenters. The number of aliphatic carboxylic acids is 1. The number of nitrogens with one attached hydrogen (secondary N) is 1. The summed E-state index contributed by atoms with van der Waals surface area (Å²) >= 11 is 0. The fraction of sp³-hybridized carbons (Fsp3) is 0.333. The van der Waals surface area contributed by atoms with Gasteiger partial charge in [0.15, 0.2) is 0 Å². The van der Waals surface area contributed by atoms with Crippen molar-refractivity contribution in [3.05, 3.63) is 30.3 Å². The number of anilines is 1. The van der Waals surface area contributed by atoms with Crippen molar-refractivity contribution in [1.29, 1.82) is 0 Å². The smallest absolute Gasteiger partial charge is 0.310 e. The number of carboxylic acid groups (broad SMARTS) is 1. The van der Waals surface area contributed by atoms with Gasteiger partial charge in [0, 0.05) is 18.8 Å². The van der Waals surface area contributed by atoms with E-state index in [-0.39, 0.29) is 19.0 Å². The number of amides is 1. The number of carboxylic acids is 1. The Morgan fingerprint density at radius 1 is 1.35 bits per heavy atom. The maximum atomic E-state index is 11.5. The van der Waals surface area contributed by atoms with Crippen molar-refractivity contribution in [2.75, 3.05) is 24.5 Å². The second-order valence-corrected chi connectivity index (χ2v) is 4.06. The van der Waals surface area contributed by atoms with Gasteiger partial charge < -0.3 is 15.3 Å². The van der Waals surface area contributed by atoms with Gasteiger partial charge in [-0.15, -0.1) is 0 Å². The number of hydrogen-bond acceptors (Lipinski definition) is 3. The van der Waals surface area contributed by atoms with Crippen LogP contribution in [-0.2, 0) is 9.59 Å². The Balaban J connectivity index is 2.20. The lowest BCUT2D eigenvalue weighted by Gasteiger charge is -2.23. The first-order valence-corrected chi connectivity index (χ1v) is 5.46. The average molecular weight is 234 g/mol. The fourth-order valence-corrected chi connectivity index (χ4v) is 1.86. The van der Waals surface area contributed by atoms with Gasteiger partial charge in [-0.05, 0) is 12.1 Å². The Morgan fingerprint density at radius 3 is 2.71 bits per heavy atom. The van der Waals surface area contributed by atoms with Gasteiger partial charge in [0.25, 0.3) is 0 Å². The van der Waals surface area contributed by atoms with Crippen LogP contribution in [0.3, 0.4) is 0 Å². The minimum absolute atomic E-state index is 0.141. The molecule has 1 aromatic carbocycles. The van der Waals surface area contributed by atoms with Gasteiger partial charge in [-0.25, -0.2) is 0 Å². The first kappa shape index (κ1) is 11.4. The fourth-order valence-electron chi connectivity index (χ4n) is 1.86. The predicted octanol–water partition coefficient (Wildman–Crippen LogP) is 0.324. The van der Waals surface area contributed by atoms with Crippen molar-refractivity contribution in [3.63, 3.8) is 0 Å². The van der Waals surface area contributed by atoms with Crippen LogP contribution in [0.15, 0.2) is 30.3 Å². The highest BCUT2D eigenvalue weighted by molar-refractivity contribution is 5.83. The third-order valence-corrected chi connectivity index (χ3v) is 2.79. The molecule has 0 aliphatic carbocycles. The SMILES string of the molecule is O=C1CN(c2ccccc2)CC(C(=O)O)CN1. The molecule has 1 amide bonds. The number of carbonyl (C=O) groups excluding carboxylic acids is 1. The monoisotopic (exact) mass is 234 g/mol. The zero-order valence-electron chi connectivity index (χ0n) is 9.30. The lowest BCUT2D eigenvalue weighted by Crippen LogP contribution is -2.34. The zero-order chi connectivity index (χ0) is 12.3. The minimum atomic E-state index is -0.881. The second kappa shape index (κ2) is 4.86. The summed E-state index contributed by atoms with van der Waals surface area (Å²) in [6.45, 7) is 0.739. The number of benzene rings is 1. The molecule has 2 rings (SSSR count). The summed E-state index contributed by atoms with van der Waals surface area (Å²) in [6.07, 6.45) is 0.